The summed E-state index contributed by atoms with van der Waals surface area (Å²) in [5, 5.41) is 3.16. The van der Waals surface area contributed by atoms with Crippen LogP contribution in [0.1, 0.15) is 19.8 Å². The highest BCUT2D eigenvalue weighted by Gasteiger charge is 2.24. The molecule has 1 aliphatic heterocycles. The molecule has 1 saturated heterocycles. The fraction of sp³-hybridized carbons (Fsp3) is 0.750. The number of halogens is 1. The minimum atomic E-state index is 0.238. The molecule has 1 aromatic heterocycles. The minimum absolute atomic E-state index is 0.238. The third-order valence-corrected chi connectivity index (χ3v) is 3.62. The summed E-state index contributed by atoms with van der Waals surface area (Å²) in [5.74, 6) is 1.19. The molecule has 1 atom stereocenters. The fourth-order valence-corrected chi connectivity index (χ4v) is 2.59. The molecule has 0 spiro atoms. The number of hydrogen-bond acceptors (Lipinski definition) is 6. The van der Waals surface area contributed by atoms with Crippen molar-refractivity contribution in [1.29, 1.82) is 0 Å². The van der Waals surface area contributed by atoms with Crippen molar-refractivity contribution in [3.63, 3.8) is 0 Å². The first kappa shape index (κ1) is 14.3. The molecule has 0 amide bonds. The Bertz CT molecular complexity index is 427. The normalized spacial score (nSPS) is 21.3. The summed E-state index contributed by atoms with van der Waals surface area (Å²) in [5.41, 5.74) is 0. The second-order valence-electron chi connectivity index (χ2n) is 4.85. The zero-order valence-electron chi connectivity index (χ0n) is 11.7. The molecule has 2 rings (SSSR count). The van der Waals surface area contributed by atoms with E-state index in [4.69, 9.17) is 11.6 Å². The number of nitrogens with zero attached hydrogens (tertiary/aromatic N) is 5. The summed E-state index contributed by atoms with van der Waals surface area (Å²) in [4.78, 5) is 17.3. The predicted octanol–water partition coefficient (Wildman–Crippen LogP) is 1.49. The molecule has 2 heterocycles. The van der Waals surface area contributed by atoms with E-state index in [9.17, 15) is 0 Å². The van der Waals surface area contributed by atoms with Crippen molar-refractivity contribution in [2.45, 2.75) is 25.8 Å². The minimum Gasteiger partial charge on any atom is -0.357 e. The third kappa shape index (κ3) is 3.45. The average Bonchev–Trinajstić information content (AvgIpc) is 2.59. The molecule has 6 nitrogen and oxygen atoms in total. The summed E-state index contributed by atoms with van der Waals surface area (Å²) < 4.78 is 0. The Balaban J connectivity index is 2.29. The number of anilines is 2. The SMILES string of the molecule is CCC1CN(C)CCCN1c1nc(Cl)nc(NC)n1. The molecule has 1 unspecified atom stereocenters. The molecule has 1 fully saturated rings. The van der Waals surface area contributed by atoms with Crippen molar-refractivity contribution in [3.8, 4) is 0 Å². The van der Waals surface area contributed by atoms with Crippen molar-refractivity contribution in [2.75, 3.05) is 43.9 Å². The molecular formula is C12H21ClN6. The number of nitrogens with one attached hydrogen (secondary N) is 1. The van der Waals surface area contributed by atoms with E-state index in [0.29, 0.717) is 17.9 Å². The highest BCUT2D eigenvalue weighted by Crippen LogP contribution is 2.20. The number of rotatable bonds is 3. The molecule has 0 radical (unpaired) electrons. The number of hydrogen-bond donors (Lipinski definition) is 1. The van der Waals surface area contributed by atoms with Gasteiger partial charge in [0, 0.05) is 26.2 Å². The van der Waals surface area contributed by atoms with Gasteiger partial charge in [-0.2, -0.15) is 15.0 Å². The largest absolute Gasteiger partial charge is 0.357 e. The Kier molecular flexibility index (Phi) is 4.76. The van der Waals surface area contributed by atoms with Crippen LogP contribution in [-0.2, 0) is 0 Å². The van der Waals surface area contributed by atoms with Crippen molar-refractivity contribution in [2.24, 2.45) is 0 Å². The maximum atomic E-state index is 5.97. The van der Waals surface area contributed by atoms with Gasteiger partial charge in [0.05, 0.1) is 0 Å². The third-order valence-electron chi connectivity index (χ3n) is 3.45. The first-order valence-electron chi connectivity index (χ1n) is 6.68. The molecule has 0 saturated carbocycles. The molecule has 106 valence electrons. The highest BCUT2D eigenvalue weighted by molar-refractivity contribution is 6.28. The van der Waals surface area contributed by atoms with E-state index < -0.39 is 0 Å². The first-order valence-corrected chi connectivity index (χ1v) is 7.06. The second kappa shape index (κ2) is 6.34. The van der Waals surface area contributed by atoms with E-state index in [1.807, 2.05) is 0 Å². The topological polar surface area (TPSA) is 57.2 Å². The van der Waals surface area contributed by atoms with Crippen molar-refractivity contribution >= 4 is 23.5 Å². The van der Waals surface area contributed by atoms with Crippen LogP contribution in [0.25, 0.3) is 0 Å². The fourth-order valence-electron chi connectivity index (χ4n) is 2.44. The lowest BCUT2D eigenvalue weighted by molar-refractivity contribution is 0.327. The van der Waals surface area contributed by atoms with Gasteiger partial charge in [0.1, 0.15) is 0 Å². The van der Waals surface area contributed by atoms with Crippen LogP contribution in [0.15, 0.2) is 0 Å². The van der Waals surface area contributed by atoms with E-state index in [1.165, 1.54) is 0 Å². The van der Waals surface area contributed by atoms with Crippen LogP contribution in [0, 0.1) is 0 Å². The Hall–Kier alpha value is -1.14. The molecule has 1 N–H and O–H groups in total. The van der Waals surface area contributed by atoms with Crippen LogP contribution in [0.4, 0.5) is 11.9 Å². The van der Waals surface area contributed by atoms with Gasteiger partial charge in [-0.15, -0.1) is 0 Å². The summed E-state index contributed by atoms with van der Waals surface area (Å²) in [7, 11) is 3.94. The second-order valence-corrected chi connectivity index (χ2v) is 5.19. The zero-order chi connectivity index (χ0) is 13.8. The lowest BCUT2D eigenvalue weighted by Crippen LogP contribution is -2.40. The Labute approximate surface area is 119 Å². The first-order chi connectivity index (χ1) is 9.13. The van der Waals surface area contributed by atoms with Gasteiger partial charge in [-0.1, -0.05) is 6.92 Å². The van der Waals surface area contributed by atoms with Gasteiger partial charge in [-0.3, -0.25) is 0 Å². The molecule has 7 heteroatoms. The van der Waals surface area contributed by atoms with E-state index in [2.05, 4.69) is 44.0 Å². The zero-order valence-corrected chi connectivity index (χ0v) is 12.5. The lowest BCUT2D eigenvalue weighted by Gasteiger charge is -2.30. The Morgan fingerprint density at radius 3 is 2.79 bits per heavy atom. The quantitative estimate of drug-likeness (QED) is 0.907. The summed E-state index contributed by atoms with van der Waals surface area (Å²) in [6.45, 7) is 5.27. The molecular weight excluding hydrogens is 264 g/mol. The van der Waals surface area contributed by atoms with Crippen LogP contribution in [-0.4, -0.2) is 59.6 Å². The van der Waals surface area contributed by atoms with Crippen LogP contribution < -0.4 is 10.2 Å². The average molecular weight is 285 g/mol. The molecule has 1 aliphatic rings. The standard InChI is InChI=1S/C12H21ClN6/c1-4-9-8-18(3)6-5-7-19(9)12-16-10(13)15-11(14-2)17-12/h9H,4-8H2,1-3H3,(H,14,15,16,17). The van der Waals surface area contributed by atoms with Gasteiger partial charge < -0.3 is 15.1 Å². The molecule has 0 bridgehead atoms. The summed E-state index contributed by atoms with van der Waals surface area (Å²) in [6.07, 6.45) is 2.16. The summed E-state index contributed by atoms with van der Waals surface area (Å²) >= 11 is 5.97. The van der Waals surface area contributed by atoms with Gasteiger partial charge in [0.25, 0.3) is 0 Å². The van der Waals surface area contributed by atoms with Gasteiger partial charge in [0.2, 0.25) is 17.2 Å². The molecule has 0 aliphatic carbocycles. The number of aromatic nitrogens is 3. The van der Waals surface area contributed by atoms with Crippen molar-refractivity contribution in [1.82, 2.24) is 19.9 Å². The molecule has 19 heavy (non-hydrogen) atoms. The number of likely N-dealkylation sites (N-methyl/N-ethyl adjacent to an activating group) is 1. The van der Waals surface area contributed by atoms with Crippen LogP contribution in [0.5, 0.6) is 0 Å². The van der Waals surface area contributed by atoms with Gasteiger partial charge in [-0.25, -0.2) is 0 Å². The maximum absolute atomic E-state index is 5.97. The van der Waals surface area contributed by atoms with Gasteiger partial charge >= 0.3 is 0 Å². The molecule has 0 aromatic carbocycles. The van der Waals surface area contributed by atoms with E-state index in [-0.39, 0.29) is 5.28 Å². The van der Waals surface area contributed by atoms with E-state index in [0.717, 1.165) is 32.5 Å². The molecule has 1 aromatic rings. The van der Waals surface area contributed by atoms with Crippen molar-refractivity contribution in [3.05, 3.63) is 5.28 Å². The maximum Gasteiger partial charge on any atom is 0.231 e. The van der Waals surface area contributed by atoms with Gasteiger partial charge in [-0.05, 0) is 38.0 Å². The Morgan fingerprint density at radius 1 is 1.32 bits per heavy atom. The lowest BCUT2D eigenvalue weighted by atomic mass is 10.2. The monoisotopic (exact) mass is 284 g/mol. The predicted molar refractivity (Wildman–Crippen MR) is 77.9 cm³/mol. The smallest absolute Gasteiger partial charge is 0.231 e. The van der Waals surface area contributed by atoms with Crippen molar-refractivity contribution < 1.29 is 0 Å². The van der Waals surface area contributed by atoms with Crippen LogP contribution >= 0.6 is 11.6 Å². The van der Waals surface area contributed by atoms with Gasteiger partial charge in [0.15, 0.2) is 0 Å². The van der Waals surface area contributed by atoms with Crippen LogP contribution in [0.2, 0.25) is 5.28 Å². The van der Waals surface area contributed by atoms with E-state index >= 15 is 0 Å². The van der Waals surface area contributed by atoms with Crippen LogP contribution in [0.3, 0.4) is 0 Å². The van der Waals surface area contributed by atoms with E-state index in [1.54, 1.807) is 7.05 Å². The highest BCUT2D eigenvalue weighted by atomic mass is 35.5. The Morgan fingerprint density at radius 2 is 2.11 bits per heavy atom. The summed E-state index contributed by atoms with van der Waals surface area (Å²) in [6, 6.07) is 0.413.